The van der Waals surface area contributed by atoms with Crippen molar-refractivity contribution in [2.75, 3.05) is 6.61 Å². The van der Waals surface area contributed by atoms with Crippen LogP contribution in [0, 0.1) is 12.3 Å². The Labute approximate surface area is 95.9 Å². The van der Waals surface area contributed by atoms with Gasteiger partial charge in [-0.25, -0.2) is 4.79 Å². The van der Waals surface area contributed by atoms with Gasteiger partial charge in [-0.15, -0.1) is 12.3 Å². The van der Waals surface area contributed by atoms with E-state index in [0.717, 1.165) is 11.1 Å². The lowest BCUT2D eigenvalue weighted by Gasteiger charge is -2.01. The van der Waals surface area contributed by atoms with Gasteiger partial charge >= 0.3 is 5.97 Å². The number of benzene rings is 1. The first-order valence-corrected chi connectivity index (χ1v) is 5.14. The molecule has 0 fully saturated rings. The van der Waals surface area contributed by atoms with Crippen LogP contribution < -0.4 is 0 Å². The van der Waals surface area contributed by atoms with Gasteiger partial charge in [0, 0.05) is 12.5 Å². The van der Waals surface area contributed by atoms with Crippen LogP contribution in [0.3, 0.4) is 0 Å². The van der Waals surface area contributed by atoms with Crippen molar-refractivity contribution in [2.24, 2.45) is 0 Å². The SMILES string of the molecule is C#CCc1ccccc1C=CC(=O)OCC. The van der Waals surface area contributed by atoms with Gasteiger partial charge in [0.1, 0.15) is 0 Å². The Kier molecular flexibility index (Phi) is 4.88. The summed E-state index contributed by atoms with van der Waals surface area (Å²) in [7, 11) is 0. The third-order valence-electron chi connectivity index (χ3n) is 2.03. The van der Waals surface area contributed by atoms with Crippen LogP contribution in [0.1, 0.15) is 18.1 Å². The van der Waals surface area contributed by atoms with Crippen molar-refractivity contribution in [3.63, 3.8) is 0 Å². The average Bonchev–Trinajstić information content (AvgIpc) is 2.29. The van der Waals surface area contributed by atoms with E-state index >= 15 is 0 Å². The fourth-order valence-corrected chi connectivity index (χ4v) is 1.32. The summed E-state index contributed by atoms with van der Waals surface area (Å²) in [5, 5.41) is 0. The summed E-state index contributed by atoms with van der Waals surface area (Å²) < 4.78 is 4.80. The van der Waals surface area contributed by atoms with Gasteiger partial charge in [-0.05, 0) is 24.1 Å². The number of esters is 1. The molecule has 82 valence electrons. The second-order valence-electron chi connectivity index (χ2n) is 3.17. The summed E-state index contributed by atoms with van der Waals surface area (Å²) in [5.74, 6) is 2.25. The van der Waals surface area contributed by atoms with E-state index in [1.54, 1.807) is 13.0 Å². The summed E-state index contributed by atoms with van der Waals surface area (Å²) in [4.78, 5) is 11.1. The predicted octanol–water partition coefficient (Wildman–Crippen LogP) is 2.44. The molecule has 0 bridgehead atoms. The molecule has 1 aromatic carbocycles. The van der Waals surface area contributed by atoms with Crippen LogP contribution in [0.4, 0.5) is 0 Å². The van der Waals surface area contributed by atoms with E-state index in [2.05, 4.69) is 5.92 Å². The normalized spacial score (nSPS) is 10.0. The third kappa shape index (κ3) is 3.62. The smallest absolute Gasteiger partial charge is 0.330 e. The van der Waals surface area contributed by atoms with Crippen molar-refractivity contribution in [1.82, 2.24) is 0 Å². The van der Waals surface area contributed by atoms with E-state index in [0.29, 0.717) is 13.0 Å². The Morgan fingerprint density at radius 3 is 2.94 bits per heavy atom. The van der Waals surface area contributed by atoms with Gasteiger partial charge in [0.2, 0.25) is 0 Å². The molecule has 0 aliphatic rings. The van der Waals surface area contributed by atoms with Crippen molar-refractivity contribution < 1.29 is 9.53 Å². The molecule has 0 aliphatic heterocycles. The van der Waals surface area contributed by atoms with Crippen LogP contribution in [-0.4, -0.2) is 12.6 Å². The first kappa shape index (κ1) is 12.1. The first-order chi connectivity index (χ1) is 7.77. The highest BCUT2D eigenvalue weighted by molar-refractivity contribution is 5.87. The highest BCUT2D eigenvalue weighted by Gasteiger charge is 1.98. The fraction of sp³-hybridized carbons (Fsp3) is 0.214. The topological polar surface area (TPSA) is 26.3 Å². The van der Waals surface area contributed by atoms with Crippen LogP contribution in [0.25, 0.3) is 6.08 Å². The summed E-state index contributed by atoms with van der Waals surface area (Å²) >= 11 is 0. The number of hydrogen-bond donors (Lipinski definition) is 0. The Morgan fingerprint density at radius 1 is 1.50 bits per heavy atom. The summed E-state index contributed by atoms with van der Waals surface area (Å²) in [5.41, 5.74) is 1.99. The number of carbonyl (C=O) groups excluding carboxylic acids is 1. The van der Waals surface area contributed by atoms with Crippen molar-refractivity contribution in [1.29, 1.82) is 0 Å². The summed E-state index contributed by atoms with van der Waals surface area (Å²) in [6.45, 7) is 2.16. The molecule has 0 aromatic heterocycles. The third-order valence-corrected chi connectivity index (χ3v) is 2.03. The van der Waals surface area contributed by atoms with E-state index in [-0.39, 0.29) is 5.97 Å². The molecule has 0 amide bonds. The zero-order chi connectivity index (χ0) is 11.8. The second kappa shape index (κ2) is 6.47. The molecular weight excluding hydrogens is 200 g/mol. The number of hydrogen-bond acceptors (Lipinski definition) is 2. The molecule has 1 aromatic rings. The Hall–Kier alpha value is -2.01. The van der Waals surface area contributed by atoms with Gasteiger partial charge in [0.05, 0.1) is 6.61 Å². The van der Waals surface area contributed by atoms with Gasteiger partial charge in [0.15, 0.2) is 0 Å². The minimum Gasteiger partial charge on any atom is -0.463 e. The molecule has 0 atom stereocenters. The van der Waals surface area contributed by atoms with Crippen molar-refractivity contribution in [3.05, 3.63) is 41.5 Å². The van der Waals surface area contributed by atoms with Gasteiger partial charge in [-0.3, -0.25) is 0 Å². The minimum atomic E-state index is -0.335. The van der Waals surface area contributed by atoms with Crippen molar-refractivity contribution in [2.45, 2.75) is 13.3 Å². The molecule has 0 aliphatic carbocycles. The molecule has 0 radical (unpaired) electrons. The number of ether oxygens (including phenoxy) is 1. The van der Waals surface area contributed by atoms with Gasteiger partial charge in [0.25, 0.3) is 0 Å². The first-order valence-electron chi connectivity index (χ1n) is 5.14. The van der Waals surface area contributed by atoms with Crippen LogP contribution in [0.2, 0.25) is 0 Å². The van der Waals surface area contributed by atoms with Gasteiger partial charge in [-0.1, -0.05) is 24.3 Å². The lowest BCUT2D eigenvalue weighted by molar-refractivity contribution is -0.137. The number of carbonyl (C=O) groups is 1. The summed E-state index contributed by atoms with van der Waals surface area (Å²) in [6.07, 6.45) is 8.97. The van der Waals surface area contributed by atoms with Gasteiger partial charge < -0.3 is 4.74 Å². The number of terminal acetylenes is 1. The Balaban J connectivity index is 2.80. The lowest BCUT2D eigenvalue weighted by Crippen LogP contribution is -1.98. The molecule has 0 N–H and O–H groups in total. The van der Waals surface area contributed by atoms with E-state index in [1.165, 1.54) is 6.08 Å². The van der Waals surface area contributed by atoms with E-state index in [9.17, 15) is 4.79 Å². The lowest BCUT2D eigenvalue weighted by atomic mass is 10.0. The van der Waals surface area contributed by atoms with E-state index in [4.69, 9.17) is 11.2 Å². The van der Waals surface area contributed by atoms with Crippen LogP contribution >= 0.6 is 0 Å². The summed E-state index contributed by atoms with van der Waals surface area (Å²) in [6, 6.07) is 7.70. The maximum atomic E-state index is 11.1. The average molecular weight is 214 g/mol. The zero-order valence-corrected chi connectivity index (χ0v) is 9.27. The molecular formula is C14H14O2. The second-order valence-corrected chi connectivity index (χ2v) is 3.17. The molecule has 0 heterocycles. The van der Waals surface area contributed by atoms with Crippen LogP contribution in [0.15, 0.2) is 30.3 Å². The molecule has 0 unspecified atom stereocenters. The zero-order valence-electron chi connectivity index (χ0n) is 9.27. The molecule has 0 saturated heterocycles. The maximum absolute atomic E-state index is 11.1. The molecule has 2 nitrogen and oxygen atoms in total. The molecule has 0 saturated carbocycles. The fourth-order valence-electron chi connectivity index (χ4n) is 1.32. The Bertz CT molecular complexity index is 425. The standard InChI is InChI=1S/C14H14O2/c1-3-7-12-8-5-6-9-13(12)10-11-14(15)16-4-2/h1,5-6,8-11H,4,7H2,2H3. The quantitative estimate of drug-likeness (QED) is 0.437. The molecule has 2 heteroatoms. The van der Waals surface area contributed by atoms with Crippen molar-refractivity contribution >= 4 is 12.0 Å². The number of rotatable bonds is 4. The van der Waals surface area contributed by atoms with Crippen LogP contribution in [0.5, 0.6) is 0 Å². The Morgan fingerprint density at radius 2 is 2.25 bits per heavy atom. The van der Waals surface area contributed by atoms with E-state index in [1.807, 2.05) is 24.3 Å². The largest absolute Gasteiger partial charge is 0.463 e. The molecule has 0 spiro atoms. The van der Waals surface area contributed by atoms with E-state index < -0.39 is 0 Å². The predicted molar refractivity (Wildman–Crippen MR) is 64.6 cm³/mol. The van der Waals surface area contributed by atoms with Crippen molar-refractivity contribution in [3.8, 4) is 12.3 Å². The highest BCUT2D eigenvalue weighted by Crippen LogP contribution is 2.11. The maximum Gasteiger partial charge on any atom is 0.330 e. The molecule has 1 rings (SSSR count). The van der Waals surface area contributed by atoms with Gasteiger partial charge in [-0.2, -0.15) is 0 Å². The van der Waals surface area contributed by atoms with Crippen LogP contribution in [-0.2, 0) is 16.0 Å². The molecule has 16 heavy (non-hydrogen) atoms. The monoisotopic (exact) mass is 214 g/mol. The minimum absolute atomic E-state index is 0.335. The highest BCUT2D eigenvalue weighted by atomic mass is 16.5.